The zero-order valence-corrected chi connectivity index (χ0v) is 17.4. The van der Waals surface area contributed by atoms with Crippen molar-refractivity contribution in [1.82, 2.24) is 4.40 Å². The van der Waals surface area contributed by atoms with Crippen LogP contribution in [-0.4, -0.2) is 24.7 Å². The highest BCUT2D eigenvalue weighted by Crippen LogP contribution is 2.32. The Balaban J connectivity index is 1.89. The summed E-state index contributed by atoms with van der Waals surface area (Å²) in [6, 6.07) is 10.8. The molecule has 0 atom stereocenters. The maximum absolute atomic E-state index is 13.7. The van der Waals surface area contributed by atoms with Crippen molar-refractivity contribution in [3.63, 3.8) is 0 Å². The fraction of sp³-hybridized carbons (Fsp3) is 0.160. The number of benzene rings is 3. The first kappa shape index (κ1) is 18.1. The van der Waals surface area contributed by atoms with E-state index >= 15 is 0 Å². The lowest BCUT2D eigenvalue weighted by Gasteiger charge is -2.19. The zero-order valence-electron chi connectivity index (χ0n) is 17.4. The number of hydrogen-bond donors (Lipinski definition) is 0. The zero-order chi connectivity index (χ0) is 21.9. The van der Waals surface area contributed by atoms with Gasteiger partial charge >= 0.3 is 7.12 Å². The van der Waals surface area contributed by atoms with Gasteiger partial charge in [-0.15, -0.1) is 0 Å². The quantitative estimate of drug-likeness (QED) is 0.232. The molecular formula is C25H16BNO5. The maximum atomic E-state index is 13.7. The van der Waals surface area contributed by atoms with E-state index in [2.05, 4.69) is 0 Å². The van der Waals surface area contributed by atoms with Crippen molar-refractivity contribution in [2.24, 2.45) is 0 Å². The number of nitrogens with zero attached hydrogens (tertiary/aromatic N) is 1. The van der Waals surface area contributed by atoms with Crippen LogP contribution >= 0.6 is 0 Å². The summed E-state index contributed by atoms with van der Waals surface area (Å²) in [4.78, 5) is 40.9. The third-order valence-electron chi connectivity index (χ3n) is 6.67. The molecule has 6 nitrogen and oxygen atoms in total. The van der Waals surface area contributed by atoms with Crippen LogP contribution in [0.5, 0.6) is 0 Å². The molecule has 0 saturated carbocycles. The minimum atomic E-state index is -0.607. The first-order valence-electron chi connectivity index (χ1n) is 10.6. The highest BCUT2D eigenvalue weighted by Gasteiger charge is 2.30. The molecule has 0 amide bonds. The second-order valence-corrected chi connectivity index (χ2v) is 8.78. The van der Waals surface area contributed by atoms with Crippen LogP contribution in [0.2, 0.25) is 0 Å². The lowest BCUT2D eigenvalue weighted by molar-refractivity contribution is 0.365. The SMILES string of the molecule is Cc1cc2c(=O)c3cc(C)cc4c(=O)c5cc(B6OCCO6)cc6c(=O)c(c1)c2n(c34)c65. The normalized spacial score (nSPS) is 15.0. The van der Waals surface area contributed by atoms with E-state index in [0.29, 0.717) is 67.5 Å². The van der Waals surface area contributed by atoms with Gasteiger partial charge in [-0.3, -0.25) is 14.4 Å². The van der Waals surface area contributed by atoms with Crippen molar-refractivity contribution in [3.05, 3.63) is 78.2 Å². The Labute approximate surface area is 180 Å². The maximum Gasteiger partial charge on any atom is 0.494 e. The van der Waals surface area contributed by atoms with Crippen molar-refractivity contribution in [2.45, 2.75) is 13.8 Å². The van der Waals surface area contributed by atoms with Gasteiger partial charge in [0.1, 0.15) is 0 Å². The number of rotatable bonds is 1. The van der Waals surface area contributed by atoms with Crippen molar-refractivity contribution in [3.8, 4) is 0 Å². The molecule has 0 spiro atoms. The van der Waals surface area contributed by atoms with Crippen molar-refractivity contribution in [1.29, 1.82) is 0 Å². The summed E-state index contributed by atoms with van der Waals surface area (Å²) in [6.45, 7) is 4.69. The van der Waals surface area contributed by atoms with E-state index in [4.69, 9.17) is 9.31 Å². The Morgan fingerprint density at radius 3 is 1.34 bits per heavy atom. The molecule has 0 aliphatic carbocycles. The number of pyridine rings is 3. The summed E-state index contributed by atoms with van der Waals surface area (Å²) in [7, 11) is -0.607. The minimum Gasteiger partial charge on any atom is -0.405 e. The largest absolute Gasteiger partial charge is 0.494 e. The Bertz CT molecular complexity index is 1800. The van der Waals surface area contributed by atoms with Crippen molar-refractivity contribution in [2.75, 3.05) is 13.2 Å². The van der Waals surface area contributed by atoms with Gasteiger partial charge in [0.2, 0.25) is 0 Å². The van der Waals surface area contributed by atoms with Crippen LogP contribution in [-0.2, 0) is 9.31 Å². The summed E-state index contributed by atoms with van der Waals surface area (Å²) in [5.74, 6) is 0. The van der Waals surface area contributed by atoms with E-state index in [1.807, 2.05) is 42.5 Å². The van der Waals surface area contributed by atoms with E-state index in [1.54, 1.807) is 12.1 Å². The Morgan fingerprint density at radius 1 is 0.625 bits per heavy atom. The molecule has 1 fully saturated rings. The van der Waals surface area contributed by atoms with Gasteiger partial charge in [-0.1, -0.05) is 0 Å². The minimum absolute atomic E-state index is 0.155. The second-order valence-electron chi connectivity index (χ2n) is 8.78. The van der Waals surface area contributed by atoms with Gasteiger partial charge in [-0.2, -0.15) is 0 Å². The monoisotopic (exact) mass is 421 g/mol. The van der Waals surface area contributed by atoms with Crippen LogP contribution in [0.15, 0.2) is 50.8 Å². The van der Waals surface area contributed by atoms with Gasteiger partial charge in [0, 0.05) is 32.3 Å². The number of aromatic nitrogens is 1. The summed E-state index contributed by atoms with van der Waals surface area (Å²) < 4.78 is 13.3. The Morgan fingerprint density at radius 2 is 0.969 bits per heavy atom. The van der Waals surface area contributed by atoms with Crippen LogP contribution in [0.4, 0.5) is 0 Å². The standard InChI is InChI=1S/C25H16BNO5/c1-11-5-14-20-16(7-11)24(29)18-9-13(26-31-3-4-32-26)10-19-22(18)27(20)21-15(23(14)28)6-12(2)8-17(21)25(19)30/h5-10H,3-4H2,1-2H3. The van der Waals surface area contributed by atoms with Gasteiger partial charge in [-0.05, 0) is 66.8 Å². The molecule has 1 saturated heterocycles. The molecule has 0 unspecified atom stereocenters. The van der Waals surface area contributed by atoms with E-state index < -0.39 is 7.12 Å². The number of aryl methyl sites for hydroxylation is 2. The van der Waals surface area contributed by atoms with E-state index in [-0.39, 0.29) is 16.3 Å². The Hall–Kier alpha value is -3.55. The third-order valence-corrected chi connectivity index (χ3v) is 6.67. The highest BCUT2D eigenvalue weighted by molar-refractivity contribution is 6.62. The molecule has 7 rings (SSSR count). The van der Waals surface area contributed by atoms with E-state index in [1.165, 1.54) is 0 Å². The smallest absolute Gasteiger partial charge is 0.405 e. The molecule has 3 aromatic carbocycles. The fourth-order valence-corrected chi connectivity index (χ4v) is 5.43. The predicted molar refractivity (Wildman–Crippen MR) is 127 cm³/mol. The van der Waals surface area contributed by atoms with Gasteiger partial charge in [0.15, 0.2) is 16.3 Å². The molecule has 1 aliphatic heterocycles. The van der Waals surface area contributed by atoms with Gasteiger partial charge in [0.25, 0.3) is 0 Å². The molecule has 32 heavy (non-hydrogen) atoms. The van der Waals surface area contributed by atoms with E-state index in [0.717, 1.165) is 11.1 Å². The molecule has 4 heterocycles. The summed E-state index contributed by atoms with van der Waals surface area (Å²) in [5.41, 5.74) is 3.48. The second kappa shape index (κ2) is 5.82. The van der Waals surface area contributed by atoms with Crippen LogP contribution in [0.1, 0.15) is 11.1 Å². The van der Waals surface area contributed by atoms with Gasteiger partial charge in [0.05, 0.1) is 29.8 Å². The molecular weight excluding hydrogens is 405 g/mol. The third kappa shape index (κ3) is 2.05. The van der Waals surface area contributed by atoms with Crippen LogP contribution < -0.4 is 21.7 Å². The highest BCUT2D eigenvalue weighted by atomic mass is 16.6. The first-order valence-corrected chi connectivity index (χ1v) is 10.6. The summed E-state index contributed by atoms with van der Waals surface area (Å²) >= 11 is 0. The van der Waals surface area contributed by atoms with E-state index in [9.17, 15) is 14.4 Å². The molecule has 6 aromatic rings. The van der Waals surface area contributed by atoms with Gasteiger partial charge < -0.3 is 13.7 Å². The molecule has 0 N–H and O–H groups in total. The lowest BCUT2D eigenvalue weighted by Crippen LogP contribution is -2.33. The molecule has 3 aromatic heterocycles. The average molecular weight is 421 g/mol. The van der Waals surface area contributed by atoms with Crippen molar-refractivity contribution >= 4 is 61.4 Å². The molecule has 0 radical (unpaired) electrons. The lowest BCUT2D eigenvalue weighted by atomic mass is 9.77. The Kier molecular flexibility index (Phi) is 3.29. The predicted octanol–water partition coefficient (Wildman–Crippen LogP) is 2.30. The molecule has 0 bridgehead atoms. The molecule has 1 aliphatic rings. The van der Waals surface area contributed by atoms with Crippen molar-refractivity contribution < 1.29 is 9.31 Å². The van der Waals surface area contributed by atoms with Crippen LogP contribution in [0.3, 0.4) is 0 Å². The first-order chi connectivity index (χ1) is 15.4. The van der Waals surface area contributed by atoms with Crippen LogP contribution in [0, 0.1) is 13.8 Å². The summed E-state index contributed by atoms with van der Waals surface area (Å²) in [6.07, 6.45) is 0. The molecule has 7 heteroatoms. The number of hydrogen-bond acceptors (Lipinski definition) is 5. The fourth-order valence-electron chi connectivity index (χ4n) is 5.43. The van der Waals surface area contributed by atoms with Crippen LogP contribution in [0.25, 0.3) is 48.9 Å². The van der Waals surface area contributed by atoms with Gasteiger partial charge in [-0.25, -0.2) is 0 Å². The molecule has 154 valence electrons. The summed E-state index contributed by atoms with van der Waals surface area (Å²) in [5, 5.41) is 2.80. The topological polar surface area (TPSA) is 74.1 Å². The average Bonchev–Trinajstić information content (AvgIpc) is 3.32.